The number of aryl methyl sites for hydroxylation is 1. The third-order valence-electron chi connectivity index (χ3n) is 2.60. The zero-order valence-corrected chi connectivity index (χ0v) is 14.3. The molecule has 0 amide bonds. The van der Waals surface area contributed by atoms with Gasteiger partial charge in [0.05, 0.1) is 0 Å². The average molecular weight is 423 g/mol. The fourth-order valence-corrected chi connectivity index (χ4v) is 4.40. The van der Waals surface area contributed by atoms with Gasteiger partial charge < -0.3 is 0 Å². The summed E-state index contributed by atoms with van der Waals surface area (Å²) in [6.07, 6.45) is 0. The minimum absolute atomic E-state index is 0.127. The summed E-state index contributed by atoms with van der Waals surface area (Å²) in [6.45, 7) is 1.80. The quantitative estimate of drug-likeness (QED) is 0.793. The van der Waals surface area contributed by atoms with E-state index in [-0.39, 0.29) is 4.90 Å². The molecule has 2 aromatic rings. The van der Waals surface area contributed by atoms with Crippen LogP contribution in [0, 0.1) is 12.7 Å². The van der Waals surface area contributed by atoms with Crippen molar-refractivity contribution in [2.75, 3.05) is 4.72 Å². The predicted molar refractivity (Wildman–Crippen MR) is 83.8 cm³/mol. The molecule has 0 unspecified atom stereocenters. The Morgan fingerprint density at radius 1 is 1.05 bits per heavy atom. The predicted octanol–water partition coefficient (Wildman–Crippen LogP) is 4.46. The summed E-state index contributed by atoms with van der Waals surface area (Å²) >= 11 is 6.57. The highest BCUT2D eigenvalue weighted by atomic mass is 79.9. The summed E-state index contributed by atoms with van der Waals surface area (Å²) in [5, 5.41) is 0. The Bertz CT molecular complexity index is 746. The molecular formula is C13H10Br2FNO2S. The maximum absolute atomic E-state index is 12.8. The molecule has 0 radical (unpaired) electrons. The molecule has 0 aliphatic rings. The van der Waals surface area contributed by atoms with Crippen LogP contribution in [-0.2, 0) is 10.0 Å². The molecule has 20 heavy (non-hydrogen) atoms. The molecule has 0 aliphatic carbocycles. The number of hydrogen-bond acceptors (Lipinski definition) is 2. The molecule has 7 heteroatoms. The Labute approximate surface area is 133 Å². The number of nitrogens with one attached hydrogen (secondary N) is 1. The molecule has 0 atom stereocenters. The lowest BCUT2D eigenvalue weighted by Crippen LogP contribution is -2.13. The van der Waals surface area contributed by atoms with Crippen molar-refractivity contribution in [3.63, 3.8) is 0 Å². The van der Waals surface area contributed by atoms with Gasteiger partial charge in [-0.2, -0.15) is 0 Å². The molecule has 0 bridgehead atoms. The summed E-state index contributed by atoms with van der Waals surface area (Å²) in [5.41, 5.74) is 1.10. The molecule has 1 N–H and O–H groups in total. The Balaban J connectivity index is 2.40. The van der Waals surface area contributed by atoms with E-state index in [9.17, 15) is 12.8 Å². The lowest BCUT2D eigenvalue weighted by molar-refractivity contribution is 0.600. The van der Waals surface area contributed by atoms with Gasteiger partial charge in [0.15, 0.2) is 0 Å². The first-order valence-electron chi connectivity index (χ1n) is 5.53. The van der Waals surface area contributed by atoms with Crippen LogP contribution in [0.4, 0.5) is 10.1 Å². The number of anilines is 1. The maximum atomic E-state index is 12.8. The van der Waals surface area contributed by atoms with Crippen molar-refractivity contribution >= 4 is 47.6 Å². The molecule has 0 saturated carbocycles. The zero-order valence-electron chi connectivity index (χ0n) is 10.3. The fraction of sp³-hybridized carbons (Fsp3) is 0.0769. The van der Waals surface area contributed by atoms with Gasteiger partial charge >= 0.3 is 0 Å². The van der Waals surface area contributed by atoms with E-state index in [4.69, 9.17) is 0 Å². The highest BCUT2D eigenvalue weighted by molar-refractivity contribution is 9.11. The molecule has 3 nitrogen and oxygen atoms in total. The van der Waals surface area contributed by atoms with Crippen LogP contribution < -0.4 is 4.72 Å². The molecular weight excluding hydrogens is 413 g/mol. The van der Waals surface area contributed by atoms with Crippen molar-refractivity contribution in [2.24, 2.45) is 0 Å². The van der Waals surface area contributed by atoms with Crippen LogP contribution in [0.15, 0.2) is 50.2 Å². The van der Waals surface area contributed by atoms with E-state index >= 15 is 0 Å². The van der Waals surface area contributed by atoms with Crippen molar-refractivity contribution < 1.29 is 12.8 Å². The summed E-state index contributed by atoms with van der Waals surface area (Å²) in [6, 6.07) is 8.35. The average Bonchev–Trinajstić information content (AvgIpc) is 2.36. The van der Waals surface area contributed by atoms with Crippen LogP contribution in [0.25, 0.3) is 0 Å². The molecule has 106 valence electrons. The van der Waals surface area contributed by atoms with Crippen molar-refractivity contribution in [3.05, 3.63) is 56.7 Å². The van der Waals surface area contributed by atoms with Gasteiger partial charge in [-0.3, -0.25) is 4.72 Å². The standard InChI is InChI=1S/C13H10Br2FNO2S/c1-8-6-13(12(15)7-11(8)14)20(18,19)17-10-4-2-9(16)3-5-10/h2-7,17H,1H3. The van der Waals surface area contributed by atoms with Crippen LogP contribution >= 0.6 is 31.9 Å². The van der Waals surface area contributed by atoms with E-state index in [1.165, 1.54) is 24.3 Å². The fourth-order valence-electron chi connectivity index (χ4n) is 1.56. The van der Waals surface area contributed by atoms with Crippen LogP contribution in [-0.4, -0.2) is 8.42 Å². The third kappa shape index (κ3) is 3.39. The zero-order chi connectivity index (χ0) is 14.9. The molecule has 0 aliphatic heterocycles. The number of halogens is 3. The van der Waals surface area contributed by atoms with Crippen molar-refractivity contribution in [2.45, 2.75) is 11.8 Å². The monoisotopic (exact) mass is 421 g/mol. The van der Waals surface area contributed by atoms with E-state index in [1.54, 1.807) is 19.1 Å². The smallest absolute Gasteiger partial charge is 0.263 e. The van der Waals surface area contributed by atoms with Gasteiger partial charge in [-0.05, 0) is 64.8 Å². The van der Waals surface area contributed by atoms with Crippen molar-refractivity contribution in [3.8, 4) is 0 Å². The number of sulfonamides is 1. The SMILES string of the molecule is Cc1cc(S(=O)(=O)Nc2ccc(F)cc2)c(Br)cc1Br. The Morgan fingerprint density at radius 2 is 1.65 bits per heavy atom. The minimum Gasteiger partial charge on any atom is -0.280 e. The second-order valence-corrected chi connectivity index (χ2v) is 7.50. The van der Waals surface area contributed by atoms with Crippen LogP contribution in [0.3, 0.4) is 0 Å². The van der Waals surface area contributed by atoms with Crippen LogP contribution in [0.5, 0.6) is 0 Å². The van der Waals surface area contributed by atoms with Crippen molar-refractivity contribution in [1.29, 1.82) is 0 Å². The first-order valence-corrected chi connectivity index (χ1v) is 8.60. The molecule has 0 spiro atoms. The Hall–Kier alpha value is -0.920. The minimum atomic E-state index is -3.74. The summed E-state index contributed by atoms with van der Waals surface area (Å²) in [7, 11) is -3.74. The van der Waals surface area contributed by atoms with E-state index in [0.29, 0.717) is 10.2 Å². The summed E-state index contributed by atoms with van der Waals surface area (Å²) in [5.74, 6) is -0.423. The first kappa shape index (κ1) is 15.5. The normalized spacial score (nSPS) is 11.4. The molecule has 0 aromatic heterocycles. The molecule has 0 heterocycles. The molecule has 0 saturated heterocycles. The summed E-state index contributed by atoms with van der Waals surface area (Å²) in [4.78, 5) is 0.127. The molecule has 2 aromatic carbocycles. The van der Waals surface area contributed by atoms with E-state index in [2.05, 4.69) is 36.6 Å². The van der Waals surface area contributed by atoms with Gasteiger partial charge in [0.2, 0.25) is 0 Å². The number of hydrogen-bond donors (Lipinski definition) is 1. The maximum Gasteiger partial charge on any atom is 0.263 e. The van der Waals surface area contributed by atoms with E-state index in [0.717, 1.165) is 10.0 Å². The highest BCUT2D eigenvalue weighted by Gasteiger charge is 2.19. The third-order valence-corrected chi connectivity index (χ3v) is 5.79. The lowest BCUT2D eigenvalue weighted by atomic mass is 10.2. The van der Waals surface area contributed by atoms with Gasteiger partial charge in [0.1, 0.15) is 10.7 Å². The van der Waals surface area contributed by atoms with Crippen LogP contribution in [0.1, 0.15) is 5.56 Å². The van der Waals surface area contributed by atoms with E-state index < -0.39 is 15.8 Å². The lowest BCUT2D eigenvalue weighted by Gasteiger charge is -2.11. The number of benzene rings is 2. The Kier molecular flexibility index (Phi) is 4.51. The van der Waals surface area contributed by atoms with Crippen molar-refractivity contribution in [1.82, 2.24) is 0 Å². The molecule has 2 rings (SSSR count). The van der Waals surface area contributed by atoms with Gasteiger partial charge in [-0.1, -0.05) is 15.9 Å². The number of rotatable bonds is 3. The van der Waals surface area contributed by atoms with Crippen LogP contribution in [0.2, 0.25) is 0 Å². The van der Waals surface area contributed by atoms with Gasteiger partial charge in [0, 0.05) is 14.6 Å². The second-order valence-electron chi connectivity index (χ2n) is 4.14. The first-order chi connectivity index (χ1) is 9.29. The topological polar surface area (TPSA) is 46.2 Å². The molecule has 0 fully saturated rings. The second kappa shape index (κ2) is 5.83. The highest BCUT2D eigenvalue weighted by Crippen LogP contribution is 2.30. The van der Waals surface area contributed by atoms with Gasteiger partial charge in [0.25, 0.3) is 10.0 Å². The van der Waals surface area contributed by atoms with Gasteiger partial charge in [-0.15, -0.1) is 0 Å². The Morgan fingerprint density at radius 3 is 2.25 bits per heavy atom. The van der Waals surface area contributed by atoms with Gasteiger partial charge in [-0.25, -0.2) is 12.8 Å². The summed E-state index contributed by atoms with van der Waals surface area (Å²) < 4.78 is 41.1. The largest absolute Gasteiger partial charge is 0.280 e. The van der Waals surface area contributed by atoms with E-state index in [1.807, 2.05) is 0 Å².